The Kier molecular flexibility index (Phi) is 5.62. The molecule has 0 radical (unpaired) electrons. The van der Waals surface area contributed by atoms with Gasteiger partial charge in [-0.15, -0.1) is 0 Å². The lowest BCUT2D eigenvalue weighted by Gasteiger charge is -2.32. The van der Waals surface area contributed by atoms with Crippen LogP contribution in [-0.4, -0.2) is 59.6 Å². The number of hydrogen-bond acceptors (Lipinski definition) is 4. The molecule has 1 rings (SSSR count). The summed E-state index contributed by atoms with van der Waals surface area (Å²) in [4.78, 5) is 24.3. The van der Waals surface area contributed by atoms with Gasteiger partial charge in [0.15, 0.2) is 0 Å². The smallest absolute Gasteiger partial charge is 0.327 e. The van der Waals surface area contributed by atoms with Gasteiger partial charge < -0.3 is 15.3 Å². The van der Waals surface area contributed by atoms with Gasteiger partial charge in [-0.2, -0.15) is 11.8 Å². The van der Waals surface area contributed by atoms with E-state index >= 15 is 0 Å². The number of carboxylic acids is 1. The Hall–Kier alpha value is -0.750. The van der Waals surface area contributed by atoms with Crippen LogP contribution in [0.15, 0.2) is 0 Å². The number of aliphatic carboxylic acids is 1. The van der Waals surface area contributed by atoms with Gasteiger partial charge in [-0.1, -0.05) is 0 Å². The van der Waals surface area contributed by atoms with E-state index in [1.54, 1.807) is 11.8 Å². The van der Waals surface area contributed by atoms with E-state index in [9.17, 15) is 9.59 Å². The first-order valence-corrected chi connectivity index (χ1v) is 6.57. The molecule has 0 bridgehead atoms. The summed E-state index contributed by atoms with van der Waals surface area (Å²) in [5, 5.41) is 12.0. The molecule has 0 aliphatic carbocycles. The molecule has 0 spiro atoms. The van der Waals surface area contributed by atoms with E-state index in [1.165, 1.54) is 4.90 Å². The first-order valence-electron chi connectivity index (χ1n) is 5.41. The average molecular weight is 246 g/mol. The highest BCUT2D eigenvalue weighted by atomic mass is 32.2. The fourth-order valence-corrected chi connectivity index (χ4v) is 2.71. The second-order valence-corrected chi connectivity index (χ2v) is 4.87. The second-order valence-electron chi connectivity index (χ2n) is 3.72. The van der Waals surface area contributed by atoms with Crippen molar-refractivity contribution in [2.75, 3.05) is 31.6 Å². The van der Waals surface area contributed by atoms with Crippen molar-refractivity contribution in [2.45, 2.75) is 18.9 Å². The van der Waals surface area contributed by atoms with Crippen molar-refractivity contribution in [1.29, 1.82) is 0 Å². The number of nitrogens with zero attached hydrogens (tertiary/aromatic N) is 1. The third kappa shape index (κ3) is 3.68. The van der Waals surface area contributed by atoms with Crippen LogP contribution in [0.4, 0.5) is 0 Å². The van der Waals surface area contributed by atoms with Crippen molar-refractivity contribution >= 4 is 23.6 Å². The Morgan fingerprint density at radius 2 is 2.31 bits per heavy atom. The second kappa shape index (κ2) is 6.75. The minimum atomic E-state index is -0.894. The van der Waals surface area contributed by atoms with Gasteiger partial charge in [0.05, 0.1) is 0 Å². The van der Waals surface area contributed by atoms with Crippen LogP contribution in [0.1, 0.15) is 12.8 Å². The molecule has 92 valence electrons. The summed E-state index contributed by atoms with van der Waals surface area (Å²) >= 11 is 1.59. The molecule has 1 fully saturated rings. The van der Waals surface area contributed by atoms with Crippen LogP contribution < -0.4 is 5.32 Å². The standard InChI is InChI=1S/C10H18N2O3S/c1-11-4-2-3-9(13)12-5-6-16-7-8(12)10(14)15/h8,11H,2-7H2,1H3,(H,14,15). The van der Waals surface area contributed by atoms with E-state index in [4.69, 9.17) is 5.11 Å². The van der Waals surface area contributed by atoms with E-state index in [1.807, 2.05) is 7.05 Å². The van der Waals surface area contributed by atoms with E-state index in [0.717, 1.165) is 18.7 Å². The van der Waals surface area contributed by atoms with Gasteiger partial charge in [0.2, 0.25) is 5.91 Å². The summed E-state index contributed by atoms with van der Waals surface area (Å²) in [6.45, 7) is 1.34. The Morgan fingerprint density at radius 3 is 2.94 bits per heavy atom. The summed E-state index contributed by atoms with van der Waals surface area (Å²) in [5.41, 5.74) is 0. The van der Waals surface area contributed by atoms with E-state index < -0.39 is 12.0 Å². The maximum atomic E-state index is 11.8. The van der Waals surface area contributed by atoms with Crippen molar-refractivity contribution in [3.8, 4) is 0 Å². The highest BCUT2D eigenvalue weighted by Crippen LogP contribution is 2.17. The minimum Gasteiger partial charge on any atom is -0.480 e. The van der Waals surface area contributed by atoms with Gasteiger partial charge in [0, 0.05) is 24.5 Å². The van der Waals surface area contributed by atoms with E-state index in [0.29, 0.717) is 18.7 Å². The normalized spacial score (nSPS) is 20.8. The number of rotatable bonds is 5. The van der Waals surface area contributed by atoms with E-state index in [2.05, 4.69) is 5.32 Å². The molecule has 1 amide bonds. The Morgan fingerprint density at radius 1 is 1.56 bits per heavy atom. The van der Waals surface area contributed by atoms with Gasteiger partial charge in [-0.05, 0) is 20.0 Å². The van der Waals surface area contributed by atoms with Crippen molar-refractivity contribution in [3.63, 3.8) is 0 Å². The lowest BCUT2D eigenvalue weighted by atomic mass is 10.2. The minimum absolute atomic E-state index is 0.0389. The number of carbonyl (C=O) groups is 2. The number of hydrogen-bond donors (Lipinski definition) is 2. The van der Waals surface area contributed by atoms with Crippen LogP contribution in [0.5, 0.6) is 0 Å². The summed E-state index contributed by atoms with van der Waals surface area (Å²) in [5.74, 6) is 0.409. The Bertz CT molecular complexity index is 260. The van der Waals surface area contributed by atoms with Crippen molar-refractivity contribution in [2.24, 2.45) is 0 Å². The third-order valence-electron chi connectivity index (χ3n) is 2.55. The summed E-state index contributed by atoms with van der Waals surface area (Å²) in [6, 6.07) is -0.638. The van der Waals surface area contributed by atoms with Crippen LogP contribution in [-0.2, 0) is 9.59 Å². The van der Waals surface area contributed by atoms with Gasteiger partial charge in [0.25, 0.3) is 0 Å². The first-order chi connectivity index (χ1) is 7.66. The van der Waals surface area contributed by atoms with Crippen LogP contribution in [0.3, 0.4) is 0 Å². The molecule has 0 saturated carbocycles. The van der Waals surface area contributed by atoms with E-state index in [-0.39, 0.29) is 5.91 Å². The number of thioether (sulfide) groups is 1. The zero-order valence-electron chi connectivity index (χ0n) is 9.44. The molecule has 1 aliphatic heterocycles. The van der Waals surface area contributed by atoms with Gasteiger partial charge in [-0.3, -0.25) is 4.79 Å². The molecule has 6 heteroatoms. The zero-order chi connectivity index (χ0) is 12.0. The van der Waals surface area contributed by atoms with Crippen LogP contribution in [0.25, 0.3) is 0 Å². The van der Waals surface area contributed by atoms with Crippen molar-refractivity contribution in [1.82, 2.24) is 10.2 Å². The quantitative estimate of drug-likeness (QED) is 0.669. The highest BCUT2D eigenvalue weighted by molar-refractivity contribution is 7.99. The number of carbonyl (C=O) groups excluding carboxylic acids is 1. The van der Waals surface area contributed by atoms with Gasteiger partial charge >= 0.3 is 5.97 Å². The average Bonchev–Trinajstić information content (AvgIpc) is 2.29. The lowest BCUT2D eigenvalue weighted by molar-refractivity contribution is -0.149. The van der Waals surface area contributed by atoms with Gasteiger partial charge in [0.1, 0.15) is 6.04 Å². The first kappa shape index (κ1) is 13.3. The fourth-order valence-electron chi connectivity index (χ4n) is 1.67. The summed E-state index contributed by atoms with van der Waals surface area (Å²) in [6.07, 6.45) is 1.18. The van der Waals surface area contributed by atoms with Crippen LogP contribution >= 0.6 is 11.8 Å². The maximum Gasteiger partial charge on any atom is 0.327 e. The van der Waals surface area contributed by atoms with Crippen molar-refractivity contribution < 1.29 is 14.7 Å². The molecule has 1 aliphatic rings. The molecular weight excluding hydrogens is 228 g/mol. The SMILES string of the molecule is CNCCCC(=O)N1CCSCC1C(=O)O. The Balaban J connectivity index is 2.47. The van der Waals surface area contributed by atoms with Crippen LogP contribution in [0.2, 0.25) is 0 Å². The highest BCUT2D eigenvalue weighted by Gasteiger charge is 2.31. The number of nitrogens with one attached hydrogen (secondary N) is 1. The molecule has 2 N–H and O–H groups in total. The molecule has 1 unspecified atom stereocenters. The molecule has 1 atom stereocenters. The molecule has 5 nitrogen and oxygen atoms in total. The molecule has 16 heavy (non-hydrogen) atoms. The molecule has 0 aromatic rings. The molecule has 1 heterocycles. The topological polar surface area (TPSA) is 69.6 Å². The zero-order valence-corrected chi connectivity index (χ0v) is 10.3. The number of carboxylic acid groups (broad SMARTS) is 1. The Labute approximate surface area is 99.6 Å². The predicted molar refractivity (Wildman–Crippen MR) is 63.6 cm³/mol. The third-order valence-corrected chi connectivity index (χ3v) is 3.57. The predicted octanol–water partition coefficient (Wildman–Crippen LogP) is 0.0146. The largest absolute Gasteiger partial charge is 0.480 e. The maximum absolute atomic E-state index is 11.8. The van der Waals surface area contributed by atoms with Gasteiger partial charge in [-0.25, -0.2) is 4.79 Å². The summed E-state index contributed by atoms with van der Waals surface area (Å²) < 4.78 is 0. The molecule has 0 aromatic carbocycles. The monoisotopic (exact) mass is 246 g/mol. The molecular formula is C10H18N2O3S. The molecule has 1 saturated heterocycles. The van der Waals surface area contributed by atoms with Crippen molar-refractivity contribution in [3.05, 3.63) is 0 Å². The van der Waals surface area contributed by atoms with Crippen LogP contribution in [0, 0.1) is 0 Å². The number of amides is 1. The lowest BCUT2D eigenvalue weighted by Crippen LogP contribution is -2.50. The fraction of sp³-hybridized carbons (Fsp3) is 0.800. The summed E-state index contributed by atoms with van der Waals surface area (Å²) in [7, 11) is 1.84. The molecule has 0 aromatic heterocycles.